The van der Waals surface area contributed by atoms with Gasteiger partial charge in [-0.1, -0.05) is 30.3 Å². The first-order valence-corrected chi connectivity index (χ1v) is 10.5. The van der Waals surface area contributed by atoms with Gasteiger partial charge in [0.1, 0.15) is 24.1 Å². The highest BCUT2D eigenvalue weighted by molar-refractivity contribution is 6.09. The van der Waals surface area contributed by atoms with Crippen LogP contribution in [0.2, 0.25) is 0 Å². The zero-order valence-electron chi connectivity index (χ0n) is 18.8. The van der Waals surface area contributed by atoms with E-state index in [0.717, 1.165) is 11.1 Å². The number of nitrogens with zero attached hydrogens (tertiary/aromatic N) is 1. The van der Waals surface area contributed by atoms with E-state index in [9.17, 15) is 14.4 Å². The quantitative estimate of drug-likeness (QED) is 0.343. The fourth-order valence-electron chi connectivity index (χ4n) is 3.11. The van der Waals surface area contributed by atoms with Crippen LogP contribution in [0.1, 0.15) is 29.2 Å². The zero-order chi connectivity index (χ0) is 23.8. The second-order valence-electron chi connectivity index (χ2n) is 7.44. The topological polar surface area (TPSA) is 71.3 Å². The third-order valence-corrected chi connectivity index (χ3v) is 5.05. The normalized spacial score (nSPS) is 10.9. The van der Waals surface area contributed by atoms with Gasteiger partial charge in [-0.3, -0.25) is 4.79 Å². The van der Waals surface area contributed by atoms with Crippen molar-refractivity contribution in [2.24, 2.45) is 0 Å². The van der Waals surface area contributed by atoms with Crippen molar-refractivity contribution in [3.8, 4) is 17.6 Å². The Morgan fingerprint density at radius 1 is 1.03 bits per heavy atom. The van der Waals surface area contributed by atoms with Gasteiger partial charge in [-0.25, -0.2) is 4.39 Å². The van der Waals surface area contributed by atoms with Crippen molar-refractivity contribution in [2.75, 3.05) is 11.9 Å². The number of aryl methyl sites for hydroxylation is 2. The molecular formula is C27H25FN2O3. The minimum Gasteiger partial charge on any atom is -0.490 e. The summed E-state index contributed by atoms with van der Waals surface area (Å²) in [5.41, 5.74) is 3.77. The second kappa shape index (κ2) is 11.0. The minimum absolute atomic E-state index is 0.0454. The van der Waals surface area contributed by atoms with Crippen LogP contribution in [-0.2, 0) is 11.4 Å². The maximum atomic E-state index is 13.9. The van der Waals surface area contributed by atoms with Crippen molar-refractivity contribution < 1.29 is 18.7 Å². The van der Waals surface area contributed by atoms with E-state index in [2.05, 4.69) is 5.32 Å². The summed E-state index contributed by atoms with van der Waals surface area (Å²) in [6, 6.07) is 19.0. The molecule has 6 heteroatoms. The molecule has 0 aliphatic carbocycles. The van der Waals surface area contributed by atoms with E-state index < -0.39 is 5.91 Å². The molecule has 0 spiro atoms. The smallest absolute Gasteiger partial charge is 0.266 e. The second-order valence-corrected chi connectivity index (χ2v) is 7.44. The predicted octanol–water partition coefficient (Wildman–Crippen LogP) is 5.97. The molecule has 5 nitrogen and oxygen atoms in total. The summed E-state index contributed by atoms with van der Waals surface area (Å²) in [6.07, 6.45) is 1.49. The lowest BCUT2D eigenvalue weighted by atomic mass is 10.1. The van der Waals surface area contributed by atoms with Crippen molar-refractivity contribution in [1.29, 1.82) is 5.26 Å². The molecule has 0 aliphatic rings. The van der Waals surface area contributed by atoms with Crippen molar-refractivity contribution in [1.82, 2.24) is 0 Å². The summed E-state index contributed by atoms with van der Waals surface area (Å²) in [5, 5.41) is 12.3. The molecule has 0 aliphatic heterocycles. The summed E-state index contributed by atoms with van der Waals surface area (Å²) >= 11 is 0. The number of rotatable bonds is 8. The average Bonchev–Trinajstić information content (AvgIpc) is 2.80. The molecular weight excluding hydrogens is 419 g/mol. The van der Waals surface area contributed by atoms with E-state index in [1.54, 1.807) is 42.5 Å². The van der Waals surface area contributed by atoms with Gasteiger partial charge in [0.15, 0.2) is 11.5 Å². The van der Waals surface area contributed by atoms with Crippen LogP contribution >= 0.6 is 0 Å². The first kappa shape index (κ1) is 23.6. The monoisotopic (exact) mass is 444 g/mol. The Hall–Kier alpha value is -4.11. The van der Waals surface area contributed by atoms with E-state index in [1.165, 1.54) is 12.1 Å². The van der Waals surface area contributed by atoms with Gasteiger partial charge in [-0.15, -0.1) is 0 Å². The summed E-state index contributed by atoms with van der Waals surface area (Å²) < 4.78 is 25.3. The van der Waals surface area contributed by atoms with Gasteiger partial charge in [-0.05, 0) is 73.9 Å². The average molecular weight is 445 g/mol. The SMILES string of the molecule is CCOc1cc(/C=C(\C#N)C(=O)Nc2ccc(C)c(C)c2)ccc1OCc1ccccc1F. The molecule has 0 atom stereocenters. The van der Waals surface area contributed by atoms with Crippen LogP contribution in [0.4, 0.5) is 10.1 Å². The minimum atomic E-state index is -0.501. The molecule has 3 aromatic rings. The molecule has 3 rings (SSSR count). The lowest BCUT2D eigenvalue weighted by Crippen LogP contribution is -2.13. The molecule has 0 saturated carbocycles. The highest BCUT2D eigenvalue weighted by atomic mass is 19.1. The maximum Gasteiger partial charge on any atom is 0.266 e. The summed E-state index contributed by atoms with van der Waals surface area (Å²) in [4.78, 5) is 12.6. The van der Waals surface area contributed by atoms with Crippen LogP contribution in [0.5, 0.6) is 11.5 Å². The van der Waals surface area contributed by atoms with Crippen LogP contribution in [0.3, 0.4) is 0 Å². The molecule has 33 heavy (non-hydrogen) atoms. The first-order chi connectivity index (χ1) is 15.9. The van der Waals surface area contributed by atoms with Crippen LogP contribution in [0, 0.1) is 31.0 Å². The van der Waals surface area contributed by atoms with E-state index >= 15 is 0 Å². The number of amides is 1. The predicted molar refractivity (Wildman–Crippen MR) is 126 cm³/mol. The number of hydrogen-bond donors (Lipinski definition) is 1. The Labute approximate surface area is 193 Å². The van der Waals surface area contributed by atoms with Crippen LogP contribution < -0.4 is 14.8 Å². The highest BCUT2D eigenvalue weighted by Crippen LogP contribution is 2.30. The molecule has 3 aromatic carbocycles. The van der Waals surface area contributed by atoms with Gasteiger partial charge < -0.3 is 14.8 Å². The lowest BCUT2D eigenvalue weighted by Gasteiger charge is -2.13. The van der Waals surface area contributed by atoms with Crippen molar-refractivity contribution >= 4 is 17.7 Å². The standard InChI is InChI=1S/C27H25FN2O3/c1-4-32-26-15-20(10-12-25(26)33-17-21-7-5-6-8-24(21)28)14-22(16-29)27(31)30-23-11-9-18(2)19(3)13-23/h5-15H,4,17H2,1-3H3,(H,30,31)/b22-14+. The Morgan fingerprint density at radius 2 is 1.82 bits per heavy atom. The molecule has 0 saturated heterocycles. The largest absolute Gasteiger partial charge is 0.490 e. The molecule has 0 fully saturated rings. The van der Waals surface area contributed by atoms with E-state index in [0.29, 0.717) is 34.9 Å². The molecule has 1 N–H and O–H groups in total. The van der Waals surface area contributed by atoms with Crippen molar-refractivity contribution in [2.45, 2.75) is 27.4 Å². The van der Waals surface area contributed by atoms with Gasteiger partial charge >= 0.3 is 0 Å². The van der Waals surface area contributed by atoms with Gasteiger partial charge in [0.2, 0.25) is 0 Å². The zero-order valence-corrected chi connectivity index (χ0v) is 18.8. The maximum absolute atomic E-state index is 13.9. The number of benzene rings is 3. The molecule has 1 amide bonds. The Balaban J connectivity index is 1.79. The number of halogens is 1. The van der Waals surface area contributed by atoms with Crippen molar-refractivity contribution in [3.63, 3.8) is 0 Å². The van der Waals surface area contributed by atoms with Gasteiger partial charge in [0, 0.05) is 11.3 Å². The lowest BCUT2D eigenvalue weighted by molar-refractivity contribution is -0.112. The molecule has 0 heterocycles. The molecule has 0 aromatic heterocycles. The van der Waals surface area contributed by atoms with Crippen LogP contribution in [-0.4, -0.2) is 12.5 Å². The fourth-order valence-corrected chi connectivity index (χ4v) is 3.11. The molecule has 0 radical (unpaired) electrons. The third kappa shape index (κ3) is 6.20. The fraction of sp³-hybridized carbons (Fsp3) is 0.185. The Morgan fingerprint density at radius 3 is 2.52 bits per heavy atom. The van der Waals surface area contributed by atoms with Gasteiger partial charge in [0.05, 0.1) is 6.61 Å². The van der Waals surface area contributed by atoms with Crippen LogP contribution in [0.25, 0.3) is 6.08 Å². The van der Waals surface area contributed by atoms with Gasteiger partial charge in [0.25, 0.3) is 5.91 Å². The number of carbonyl (C=O) groups is 1. The Kier molecular flexibility index (Phi) is 7.82. The number of nitriles is 1. The molecule has 0 unspecified atom stereocenters. The summed E-state index contributed by atoms with van der Waals surface area (Å²) in [5.74, 6) is 0.0341. The van der Waals surface area contributed by atoms with Crippen molar-refractivity contribution in [3.05, 3.63) is 94.3 Å². The van der Waals surface area contributed by atoms with E-state index in [-0.39, 0.29) is 18.0 Å². The molecule has 168 valence electrons. The highest BCUT2D eigenvalue weighted by Gasteiger charge is 2.12. The summed E-state index contributed by atoms with van der Waals surface area (Å²) in [7, 11) is 0. The number of carbonyl (C=O) groups excluding carboxylic acids is 1. The number of anilines is 1. The number of hydrogen-bond acceptors (Lipinski definition) is 4. The van der Waals surface area contributed by atoms with E-state index in [4.69, 9.17) is 9.47 Å². The number of nitrogens with one attached hydrogen (secondary N) is 1. The Bertz CT molecular complexity index is 1230. The van der Waals surface area contributed by atoms with E-state index in [1.807, 2.05) is 39.0 Å². The summed E-state index contributed by atoms with van der Waals surface area (Å²) in [6.45, 7) is 6.21. The first-order valence-electron chi connectivity index (χ1n) is 10.5. The van der Waals surface area contributed by atoms with Gasteiger partial charge in [-0.2, -0.15) is 5.26 Å². The third-order valence-electron chi connectivity index (χ3n) is 5.05. The number of ether oxygens (including phenoxy) is 2. The van der Waals surface area contributed by atoms with Crippen LogP contribution in [0.15, 0.2) is 66.2 Å². The molecule has 0 bridgehead atoms.